The molecule has 0 aromatic carbocycles. The van der Waals surface area contributed by atoms with Gasteiger partial charge in [0.05, 0.1) is 6.54 Å². The molecule has 0 spiro atoms. The minimum Gasteiger partial charge on any atom is -0.444 e. The quantitative estimate of drug-likeness (QED) is 0.752. The molecule has 142 valence electrons. The summed E-state index contributed by atoms with van der Waals surface area (Å²) in [4.78, 5) is 27.5. The summed E-state index contributed by atoms with van der Waals surface area (Å²) in [7, 11) is 0. The number of hydrogen-bond acceptors (Lipinski definition) is 5. The van der Waals surface area contributed by atoms with E-state index < -0.39 is 5.60 Å². The molecule has 0 atom stereocenters. The van der Waals surface area contributed by atoms with E-state index in [-0.39, 0.29) is 17.9 Å². The highest BCUT2D eigenvalue weighted by molar-refractivity contribution is 5.87. The van der Waals surface area contributed by atoms with Gasteiger partial charge in [-0.15, -0.1) is 10.2 Å². The summed E-state index contributed by atoms with van der Waals surface area (Å²) in [6, 6.07) is 0. The van der Waals surface area contributed by atoms with E-state index in [1.54, 1.807) is 4.90 Å². The standard InChI is InChI=1S/C18H27N5O3/c1-5-15(24)21-8-6-13(7-9-21)16-20-19-14-12-22(10-11-23(14)16)17(25)26-18(2,3)4/h5,13H,1,6-12H2,2-4H3. The normalized spacial score (nSPS) is 18.4. The van der Waals surface area contributed by atoms with Crippen molar-refractivity contribution in [3.05, 3.63) is 24.3 Å². The summed E-state index contributed by atoms with van der Waals surface area (Å²) >= 11 is 0. The Labute approximate surface area is 153 Å². The van der Waals surface area contributed by atoms with E-state index in [2.05, 4.69) is 21.3 Å². The largest absolute Gasteiger partial charge is 0.444 e. The lowest BCUT2D eigenvalue weighted by Crippen LogP contribution is -2.42. The number of likely N-dealkylation sites (tertiary alicyclic amines) is 1. The van der Waals surface area contributed by atoms with Gasteiger partial charge in [0.2, 0.25) is 5.91 Å². The highest BCUT2D eigenvalue weighted by Crippen LogP contribution is 2.29. The predicted octanol–water partition coefficient (Wildman–Crippen LogP) is 1.92. The smallest absolute Gasteiger partial charge is 0.410 e. The number of nitrogens with zero attached hydrogens (tertiary/aromatic N) is 5. The summed E-state index contributed by atoms with van der Waals surface area (Å²) in [6.07, 6.45) is 2.79. The predicted molar refractivity (Wildman–Crippen MR) is 95.4 cm³/mol. The molecule has 1 fully saturated rings. The number of fused-ring (bicyclic) bond motifs is 1. The average molecular weight is 361 g/mol. The zero-order valence-electron chi connectivity index (χ0n) is 15.8. The number of carbonyl (C=O) groups excluding carboxylic acids is 2. The van der Waals surface area contributed by atoms with Crippen molar-refractivity contribution in [2.45, 2.75) is 58.2 Å². The summed E-state index contributed by atoms with van der Waals surface area (Å²) in [5, 5.41) is 8.69. The third-order valence-corrected chi connectivity index (χ3v) is 4.78. The Morgan fingerprint density at radius 2 is 1.81 bits per heavy atom. The fourth-order valence-corrected chi connectivity index (χ4v) is 3.45. The van der Waals surface area contributed by atoms with Crippen LogP contribution >= 0.6 is 0 Å². The van der Waals surface area contributed by atoms with Crippen molar-refractivity contribution in [1.29, 1.82) is 0 Å². The van der Waals surface area contributed by atoms with E-state index >= 15 is 0 Å². The molecule has 1 saturated heterocycles. The summed E-state index contributed by atoms with van der Waals surface area (Å²) in [5.74, 6) is 2.04. The lowest BCUT2D eigenvalue weighted by atomic mass is 9.95. The lowest BCUT2D eigenvalue weighted by molar-refractivity contribution is -0.127. The van der Waals surface area contributed by atoms with Crippen LogP contribution in [-0.2, 0) is 22.6 Å². The van der Waals surface area contributed by atoms with Gasteiger partial charge in [-0.3, -0.25) is 9.69 Å². The third kappa shape index (κ3) is 3.89. The second kappa shape index (κ2) is 7.09. The van der Waals surface area contributed by atoms with E-state index in [0.29, 0.717) is 32.7 Å². The van der Waals surface area contributed by atoms with Crippen LogP contribution in [0.2, 0.25) is 0 Å². The van der Waals surface area contributed by atoms with Crippen LogP contribution in [0, 0.1) is 0 Å². The number of carbonyl (C=O) groups is 2. The summed E-state index contributed by atoms with van der Waals surface area (Å²) in [5.41, 5.74) is -0.510. The van der Waals surface area contributed by atoms with Crippen LogP contribution in [0.1, 0.15) is 51.2 Å². The Kier molecular flexibility index (Phi) is 5.02. The van der Waals surface area contributed by atoms with Crippen LogP contribution in [-0.4, -0.2) is 61.8 Å². The van der Waals surface area contributed by atoms with Crippen LogP contribution in [0.5, 0.6) is 0 Å². The molecule has 2 aliphatic heterocycles. The first-order valence-corrected chi connectivity index (χ1v) is 9.09. The molecule has 1 aromatic rings. The van der Waals surface area contributed by atoms with Gasteiger partial charge in [-0.25, -0.2) is 4.79 Å². The van der Waals surface area contributed by atoms with Crippen molar-refractivity contribution in [1.82, 2.24) is 24.6 Å². The Morgan fingerprint density at radius 1 is 1.12 bits per heavy atom. The van der Waals surface area contributed by atoms with Gasteiger partial charge in [0, 0.05) is 32.1 Å². The molecule has 0 radical (unpaired) electrons. The first-order valence-electron chi connectivity index (χ1n) is 9.09. The van der Waals surface area contributed by atoms with Crippen molar-refractivity contribution >= 4 is 12.0 Å². The topological polar surface area (TPSA) is 80.6 Å². The first kappa shape index (κ1) is 18.4. The lowest BCUT2D eigenvalue weighted by Gasteiger charge is -2.33. The zero-order valence-corrected chi connectivity index (χ0v) is 15.8. The maximum atomic E-state index is 12.3. The third-order valence-electron chi connectivity index (χ3n) is 4.78. The van der Waals surface area contributed by atoms with Crippen LogP contribution < -0.4 is 0 Å². The van der Waals surface area contributed by atoms with Crippen molar-refractivity contribution in [3.8, 4) is 0 Å². The van der Waals surface area contributed by atoms with Gasteiger partial charge in [0.25, 0.3) is 0 Å². The highest BCUT2D eigenvalue weighted by Gasteiger charge is 2.31. The molecule has 3 heterocycles. The SMILES string of the molecule is C=CC(=O)N1CCC(c2nnc3n2CCN(C(=O)OC(C)(C)C)C3)CC1. The van der Waals surface area contributed by atoms with Crippen molar-refractivity contribution in [2.24, 2.45) is 0 Å². The van der Waals surface area contributed by atoms with Crippen LogP contribution in [0.3, 0.4) is 0 Å². The maximum absolute atomic E-state index is 12.3. The van der Waals surface area contributed by atoms with Crippen molar-refractivity contribution in [3.63, 3.8) is 0 Å². The number of piperidine rings is 1. The summed E-state index contributed by atoms with van der Waals surface area (Å²) < 4.78 is 7.57. The maximum Gasteiger partial charge on any atom is 0.410 e. The fraction of sp³-hybridized carbons (Fsp3) is 0.667. The van der Waals surface area contributed by atoms with E-state index in [1.165, 1.54) is 6.08 Å². The highest BCUT2D eigenvalue weighted by atomic mass is 16.6. The molecular weight excluding hydrogens is 334 g/mol. The van der Waals surface area contributed by atoms with Crippen LogP contribution in [0.4, 0.5) is 4.79 Å². The summed E-state index contributed by atoms with van der Waals surface area (Å²) in [6.45, 7) is 12.2. The number of aromatic nitrogens is 3. The van der Waals surface area contributed by atoms with Gasteiger partial charge in [-0.1, -0.05) is 6.58 Å². The monoisotopic (exact) mass is 361 g/mol. The average Bonchev–Trinajstić information content (AvgIpc) is 3.03. The minimum atomic E-state index is -0.510. The van der Waals surface area contributed by atoms with Gasteiger partial charge in [0.15, 0.2) is 5.82 Å². The van der Waals surface area contributed by atoms with Crippen molar-refractivity contribution < 1.29 is 14.3 Å². The van der Waals surface area contributed by atoms with Gasteiger partial charge in [-0.2, -0.15) is 0 Å². The Hall–Kier alpha value is -2.38. The number of ether oxygens (including phenoxy) is 1. The molecule has 3 rings (SSSR count). The molecule has 0 bridgehead atoms. The Balaban J connectivity index is 1.64. The van der Waals surface area contributed by atoms with Crippen LogP contribution in [0.25, 0.3) is 0 Å². The minimum absolute atomic E-state index is 0.0141. The molecule has 0 saturated carbocycles. The van der Waals surface area contributed by atoms with E-state index in [0.717, 1.165) is 24.5 Å². The molecular formula is C18H27N5O3. The molecule has 26 heavy (non-hydrogen) atoms. The van der Waals surface area contributed by atoms with Gasteiger partial charge >= 0.3 is 6.09 Å². The van der Waals surface area contributed by atoms with Gasteiger partial charge < -0.3 is 14.2 Å². The fourth-order valence-electron chi connectivity index (χ4n) is 3.45. The molecule has 2 amide bonds. The second-order valence-corrected chi connectivity index (χ2v) is 7.83. The number of amides is 2. The molecule has 2 aliphatic rings. The molecule has 1 aromatic heterocycles. The van der Waals surface area contributed by atoms with E-state index in [4.69, 9.17) is 4.74 Å². The van der Waals surface area contributed by atoms with E-state index in [9.17, 15) is 9.59 Å². The molecule has 8 nitrogen and oxygen atoms in total. The zero-order chi connectivity index (χ0) is 18.9. The number of rotatable bonds is 2. The molecule has 0 unspecified atom stereocenters. The van der Waals surface area contributed by atoms with Crippen molar-refractivity contribution in [2.75, 3.05) is 19.6 Å². The molecule has 0 aliphatic carbocycles. The van der Waals surface area contributed by atoms with Crippen LogP contribution in [0.15, 0.2) is 12.7 Å². The molecule has 0 N–H and O–H groups in total. The number of hydrogen-bond donors (Lipinski definition) is 0. The van der Waals surface area contributed by atoms with Gasteiger partial charge in [0.1, 0.15) is 11.4 Å². The van der Waals surface area contributed by atoms with Gasteiger partial charge in [-0.05, 0) is 39.7 Å². The van der Waals surface area contributed by atoms with E-state index in [1.807, 2.05) is 25.7 Å². The molecule has 8 heteroatoms. The Bertz CT molecular complexity index is 698. The Morgan fingerprint density at radius 3 is 2.42 bits per heavy atom. The first-order chi connectivity index (χ1) is 12.3. The second-order valence-electron chi connectivity index (χ2n) is 7.83.